The van der Waals surface area contributed by atoms with E-state index in [1.54, 1.807) is 25.6 Å². The Morgan fingerprint density at radius 1 is 1.21 bits per heavy atom. The average Bonchev–Trinajstić information content (AvgIpc) is 2.77. The third kappa shape index (κ3) is 3.07. The van der Waals surface area contributed by atoms with E-state index >= 15 is 0 Å². The van der Waals surface area contributed by atoms with Crippen LogP contribution in [0.15, 0.2) is 28.1 Å². The quantitative estimate of drug-likeness (QED) is 0.700. The lowest BCUT2D eigenvalue weighted by molar-refractivity contribution is 0.391. The molecule has 0 bridgehead atoms. The van der Waals surface area contributed by atoms with Gasteiger partial charge in [-0.2, -0.15) is 0 Å². The van der Waals surface area contributed by atoms with Crippen molar-refractivity contribution in [2.75, 3.05) is 14.2 Å². The lowest BCUT2D eigenvalue weighted by Crippen LogP contribution is -1.96. The van der Waals surface area contributed by atoms with Gasteiger partial charge in [-0.1, -0.05) is 0 Å². The summed E-state index contributed by atoms with van der Waals surface area (Å²) < 4.78 is 11.7. The van der Waals surface area contributed by atoms with Crippen LogP contribution >= 0.6 is 38.9 Å². The molecule has 0 fully saturated rings. The SMILES string of the molecule is COc1ccc(C(Cl)c2cc(C)c(Br)s2)c(OC)c1. The normalized spacial score (nSPS) is 12.3. The molecule has 1 heterocycles. The van der Waals surface area contributed by atoms with Crippen molar-refractivity contribution in [2.24, 2.45) is 0 Å². The Morgan fingerprint density at radius 2 is 1.95 bits per heavy atom. The van der Waals surface area contributed by atoms with Crippen LogP contribution in [-0.4, -0.2) is 14.2 Å². The molecule has 0 amide bonds. The Hall–Kier alpha value is -0.710. The van der Waals surface area contributed by atoms with Crippen molar-refractivity contribution < 1.29 is 9.47 Å². The number of methoxy groups -OCH3 is 2. The summed E-state index contributed by atoms with van der Waals surface area (Å²) in [5.41, 5.74) is 2.14. The smallest absolute Gasteiger partial charge is 0.127 e. The van der Waals surface area contributed by atoms with E-state index in [0.29, 0.717) is 0 Å². The maximum absolute atomic E-state index is 6.57. The zero-order valence-electron chi connectivity index (χ0n) is 10.9. The summed E-state index contributed by atoms with van der Waals surface area (Å²) in [5, 5.41) is -0.226. The fraction of sp³-hybridized carbons (Fsp3) is 0.286. The fourth-order valence-electron chi connectivity index (χ4n) is 1.79. The Kier molecular flexibility index (Phi) is 4.76. The third-order valence-electron chi connectivity index (χ3n) is 2.84. The molecule has 0 saturated carbocycles. The van der Waals surface area contributed by atoms with Crippen molar-refractivity contribution in [1.29, 1.82) is 0 Å². The second-order valence-electron chi connectivity index (χ2n) is 4.08. The minimum absolute atomic E-state index is 0.226. The molecule has 2 rings (SSSR count). The number of hydrogen-bond acceptors (Lipinski definition) is 3. The van der Waals surface area contributed by atoms with Crippen LogP contribution in [0.4, 0.5) is 0 Å². The van der Waals surface area contributed by atoms with Crippen LogP contribution in [0.25, 0.3) is 0 Å². The number of rotatable bonds is 4. The van der Waals surface area contributed by atoms with Gasteiger partial charge >= 0.3 is 0 Å². The van der Waals surface area contributed by atoms with E-state index in [9.17, 15) is 0 Å². The molecule has 0 aliphatic carbocycles. The maximum atomic E-state index is 6.57. The fourth-order valence-corrected chi connectivity index (χ4v) is 3.73. The topological polar surface area (TPSA) is 18.5 Å². The highest BCUT2D eigenvalue weighted by atomic mass is 79.9. The van der Waals surface area contributed by atoms with E-state index in [1.165, 1.54) is 5.56 Å². The molecule has 1 atom stereocenters. The van der Waals surface area contributed by atoms with Gasteiger partial charge in [-0.3, -0.25) is 0 Å². The summed E-state index contributed by atoms with van der Waals surface area (Å²) in [6, 6.07) is 7.78. The van der Waals surface area contributed by atoms with Gasteiger partial charge in [0.05, 0.1) is 23.4 Å². The molecule has 0 N–H and O–H groups in total. The number of thiophene rings is 1. The molecule has 1 unspecified atom stereocenters. The summed E-state index contributed by atoms with van der Waals surface area (Å²) in [6.45, 7) is 2.05. The molecular formula is C14H14BrClO2S. The van der Waals surface area contributed by atoms with Gasteiger partial charge in [-0.25, -0.2) is 0 Å². The molecule has 1 aromatic carbocycles. The molecule has 1 aromatic heterocycles. The van der Waals surface area contributed by atoms with Gasteiger partial charge in [0.2, 0.25) is 0 Å². The number of alkyl halides is 1. The Labute approximate surface area is 130 Å². The van der Waals surface area contributed by atoms with Crippen molar-refractivity contribution in [3.63, 3.8) is 0 Å². The van der Waals surface area contributed by atoms with Crippen LogP contribution in [0, 0.1) is 6.92 Å². The van der Waals surface area contributed by atoms with Crippen LogP contribution in [0.3, 0.4) is 0 Å². The zero-order chi connectivity index (χ0) is 14.0. The molecule has 2 aromatic rings. The number of aryl methyl sites for hydroxylation is 1. The number of hydrogen-bond donors (Lipinski definition) is 0. The summed E-state index contributed by atoms with van der Waals surface area (Å²) in [7, 11) is 3.27. The molecule has 2 nitrogen and oxygen atoms in total. The van der Waals surface area contributed by atoms with E-state index < -0.39 is 0 Å². The first-order valence-electron chi connectivity index (χ1n) is 5.68. The lowest BCUT2D eigenvalue weighted by atomic mass is 10.1. The maximum Gasteiger partial charge on any atom is 0.127 e. The second kappa shape index (κ2) is 6.16. The van der Waals surface area contributed by atoms with Crippen LogP contribution in [-0.2, 0) is 0 Å². The molecule has 5 heteroatoms. The zero-order valence-corrected chi connectivity index (χ0v) is 14.0. The van der Waals surface area contributed by atoms with E-state index in [0.717, 1.165) is 25.7 Å². The summed E-state index contributed by atoms with van der Waals surface area (Å²) in [6.07, 6.45) is 0. The molecule has 0 aliphatic rings. The minimum Gasteiger partial charge on any atom is -0.497 e. The van der Waals surface area contributed by atoms with Crippen LogP contribution in [0.2, 0.25) is 0 Å². The third-order valence-corrected chi connectivity index (χ3v) is 5.64. The van der Waals surface area contributed by atoms with Crippen molar-refractivity contribution in [3.8, 4) is 11.5 Å². The summed E-state index contributed by atoms with van der Waals surface area (Å²) >= 11 is 11.7. The standard InChI is InChI=1S/C14H14BrClO2S/c1-8-6-12(19-14(8)15)13(16)10-5-4-9(17-2)7-11(10)18-3/h4-7,13H,1-3H3. The van der Waals surface area contributed by atoms with Crippen LogP contribution < -0.4 is 9.47 Å². The van der Waals surface area contributed by atoms with E-state index in [4.69, 9.17) is 21.1 Å². The summed E-state index contributed by atoms with van der Waals surface area (Å²) in [4.78, 5) is 1.09. The Bertz CT molecular complexity index is 563. The van der Waals surface area contributed by atoms with Crippen molar-refractivity contribution >= 4 is 38.9 Å². The van der Waals surface area contributed by atoms with Crippen molar-refractivity contribution in [1.82, 2.24) is 0 Å². The van der Waals surface area contributed by atoms with Gasteiger partial charge in [0.25, 0.3) is 0 Å². The van der Waals surface area contributed by atoms with Gasteiger partial charge in [0.1, 0.15) is 11.5 Å². The average molecular weight is 362 g/mol. The van der Waals surface area contributed by atoms with Gasteiger partial charge in [0, 0.05) is 16.5 Å². The van der Waals surface area contributed by atoms with Crippen molar-refractivity contribution in [2.45, 2.75) is 12.3 Å². The van der Waals surface area contributed by atoms with Gasteiger partial charge in [0.15, 0.2) is 0 Å². The van der Waals surface area contributed by atoms with Gasteiger partial charge in [-0.15, -0.1) is 22.9 Å². The highest BCUT2D eigenvalue weighted by molar-refractivity contribution is 9.11. The Morgan fingerprint density at radius 3 is 2.47 bits per heavy atom. The van der Waals surface area contributed by atoms with E-state index in [2.05, 4.69) is 28.9 Å². The predicted octanol–water partition coefficient (Wildman–Crippen LogP) is 5.16. The first-order valence-corrected chi connectivity index (χ1v) is 7.73. The largest absolute Gasteiger partial charge is 0.497 e. The lowest BCUT2D eigenvalue weighted by Gasteiger charge is -2.14. The molecule has 19 heavy (non-hydrogen) atoms. The first kappa shape index (κ1) is 14.7. The Balaban J connectivity index is 2.40. The summed E-state index contributed by atoms with van der Waals surface area (Å²) in [5.74, 6) is 1.49. The minimum atomic E-state index is -0.226. The molecule has 102 valence electrons. The molecule has 0 radical (unpaired) electrons. The predicted molar refractivity (Wildman–Crippen MR) is 84.0 cm³/mol. The molecule has 0 spiro atoms. The first-order chi connectivity index (χ1) is 9.06. The van der Waals surface area contributed by atoms with Crippen molar-refractivity contribution in [3.05, 3.63) is 44.1 Å². The van der Waals surface area contributed by atoms with E-state index in [-0.39, 0.29) is 5.38 Å². The van der Waals surface area contributed by atoms with Gasteiger partial charge < -0.3 is 9.47 Å². The van der Waals surface area contributed by atoms with Crippen LogP contribution in [0.5, 0.6) is 11.5 Å². The van der Waals surface area contributed by atoms with E-state index in [1.807, 2.05) is 18.2 Å². The monoisotopic (exact) mass is 360 g/mol. The second-order valence-corrected chi connectivity index (χ2v) is 6.91. The number of ether oxygens (including phenoxy) is 2. The highest BCUT2D eigenvalue weighted by Gasteiger charge is 2.19. The molecule has 0 aliphatic heterocycles. The molecule has 0 saturated heterocycles. The van der Waals surface area contributed by atoms with Gasteiger partial charge in [-0.05, 0) is 46.6 Å². The molecular weight excluding hydrogens is 348 g/mol. The number of halogens is 2. The highest BCUT2D eigenvalue weighted by Crippen LogP contribution is 2.41. The number of benzene rings is 1. The van der Waals surface area contributed by atoms with Crippen LogP contribution in [0.1, 0.15) is 21.4 Å².